The van der Waals surface area contributed by atoms with Gasteiger partial charge in [0.2, 0.25) is 0 Å². The molecular formula is C17H19NO. The largest absolute Gasteiger partial charge is 0.330 e. The monoisotopic (exact) mass is 253 g/mol. The Labute approximate surface area is 114 Å². The van der Waals surface area contributed by atoms with Crippen molar-refractivity contribution in [2.24, 2.45) is 11.7 Å². The summed E-state index contributed by atoms with van der Waals surface area (Å²) < 4.78 is 0. The van der Waals surface area contributed by atoms with Crippen LogP contribution in [0, 0.1) is 5.92 Å². The fourth-order valence-electron chi connectivity index (χ4n) is 2.00. The van der Waals surface area contributed by atoms with Gasteiger partial charge in [0.1, 0.15) is 0 Å². The second-order valence-electron chi connectivity index (χ2n) is 4.91. The summed E-state index contributed by atoms with van der Waals surface area (Å²) in [6.07, 6.45) is 0.515. The zero-order valence-corrected chi connectivity index (χ0v) is 11.2. The van der Waals surface area contributed by atoms with Crippen LogP contribution in [0.5, 0.6) is 0 Å². The molecule has 2 aromatic carbocycles. The predicted octanol–water partition coefficient (Wildman–Crippen LogP) is 3.52. The lowest BCUT2D eigenvalue weighted by Gasteiger charge is -2.08. The van der Waals surface area contributed by atoms with Crippen LogP contribution in [-0.2, 0) is 0 Å². The zero-order chi connectivity index (χ0) is 13.7. The van der Waals surface area contributed by atoms with Gasteiger partial charge in [0.05, 0.1) is 0 Å². The van der Waals surface area contributed by atoms with Crippen molar-refractivity contribution in [3.8, 4) is 11.1 Å². The summed E-state index contributed by atoms with van der Waals surface area (Å²) in [5.41, 5.74) is 8.60. The lowest BCUT2D eigenvalue weighted by Crippen LogP contribution is -2.15. The van der Waals surface area contributed by atoms with Gasteiger partial charge in [-0.3, -0.25) is 4.79 Å². The molecule has 0 radical (unpaired) electrons. The molecule has 0 bridgehead atoms. The predicted molar refractivity (Wildman–Crippen MR) is 79.0 cm³/mol. The Balaban J connectivity index is 2.13. The van der Waals surface area contributed by atoms with E-state index in [1.165, 1.54) is 0 Å². The number of Topliss-reactive ketones (excluding diaryl/α,β-unsaturated/α-hetero) is 1. The minimum absolute atomic E-state index is 0.164. The highest BCUT2D eigenvalue weighted by molar-refractivity contribution is 5.96. The molecule has 0 aliphatic carbocycles. The van der Waals surface area contributed by atoms with Gasteiger partial charge in [-0.1, -0.05) is 61.5 Å². The highest BCUT2D eigenvalue weighted by Crippen LogP contribution is 2.20. The van der Waals surface area contributed by atoms with Crippen molar-refractivity contribution in [2.75, 3.05) is 6.54 Å². The quantitative estimate of drug-likeness (QED) is 0.828. The number of hydrogen-bond donors (Lipinski definition) is 1. The summed E-state index contributed by atoms with van der Waals surface area (Å²) in [6.45, 7) is 2.55. The van der Waals surface area contributed by atoms with Gasteiger partial charge in [-0.25, -0.2) is 0 Å². The summed E-state index contributed by atoms with van der Waals surface area (Å²) in [4.78, 5) is 12.0. The van der Waals surface area contributed by atoms with Crippen LogP contribution in [0.25, 0.3) is 11.1 Å². The van der Waals surface area contributed by atoms with Crippen molar-refractivity contribution < 1.29 is 4.79 Å². The van der Waals surface area contributed by atoms with E-state index in [-0.39, 0.29) is 11.7 Å². The molecule has 0 aromatic heterocycles. The molecular weight excluding hydrogens is 234 g/mol. The molecule has 0 heterocycles. The number of carbonyl (C=O) groups excluding carboxylic acids is 1. The number of carbonyl (C=O) groups is 1. The molecule has 0 saturated carbocycles. The minimum atomic E-state index is 0.164. The van der Waals surface area contributed by atoms with Gasteiger partial charge in [-0.15, -0.1) is 0 Å². The van der Waals surface area contributed by atoms with E-state index in [1.807, 2.05) is 49.4 Å². The lowest BCUT2D eigenvalue weighted by atomic mass is 9.97. The molecule has 0 fully saturated rings. The SMILES string of the molecule is CC(CN)CC(=O)c1ccc(-c2ccccc2)cc1. The van der Waals surface area contributed by atoms with Crippen LogP contribution in [-0.4, -0.2) is 12.3 Å². The van der Waals surface area contributed by atoms with E-state index in [1.54, 1.807) is 0 Å². The summed E-state index contributed by atoms with van der Waals surface area (Å²) in [5, 5.41) is 0. The van der Waals surface area contributed by atoms with Crippen LogP contribution in [0.3, 0.4) is 0 Å². The Morgan fingerprint density at radius 1 is 1.00 bits per heavy atom. The summed E-state index contributed by atoms with van der Waals surface area (Å²) >= 11 is 0. The third kappa shape index (κ3) is 3.52. The maximum absolute atomic E-state index is 12.0. The van der Waals surface area contributed by atoms with E-state index in [2.05, 4.69) is 12.1 Å². The third-order valence-electron chi connectivity index (χ3n) is 3.25. The van der Waals surface area contributed by atoms with E-state index < -0.39 is 0 Å². The molecule has 19 heavy (non-hydrogen) atoms. The fourth-order valence-corrected chi connectivity index (χ4v) is 2.00. The zero-order valence-electron chi connectivity index (χ0n) is 11.2. The average molecular weight is 253 g/mol. The van der Waals surface area contributed by atoms with Crippen molar-refractivity contribution in [2.45, 2.75) is 13.3 Å². The van der Waals surface area contributed by atoms with Crippen LogP contribution < -0.4 is 5.73 Å². The summed E-state index contributed by atoms with van der Waals surface area (Å²) in [5.74, 6) is 0.402. The van der Waals surface area contributed by atoms with Gasteiger partial charge in [0.25, 0.3) is 0 Å². The third-order valence-corrected chi connectivity index (χ3v) is 3.25. The molecule has 2 heteroatoms. The normalized spacial score (nSPS) is 12.1. The molecule has 0 aliphatic rings. The maximum atomic E-state index is 12.0. The summed E-state index contributed by atoms with van der Waals surface area (Å²) in [6, 6.07) is 17.9. The molecule has 1 unspecified atom stereocenters. The van der Waals surface area contributed by atoms with E-state index in [0.717, 1.165) is 16.7 Å². The number of ketones is 1. The van der Waals surface area contributed by atoms with Gasteiger partial charge in [0, 0.05) is 12.0 Å². The van der Waals surface area contributed by atoms with Crippen molar-refractivity contribution in [1.29, 1.82) is 0 Å². The van der Waals surface area contributed by atoms with E-state index >= 15 is 0 Å². The van der Waals surface area contributed by atoms with Crippen molar-refractivity contribution in [3.05, 3.63) is 60.2 Å². The van der Waals surface area contributed by atoms with Gasteiger partial charge in [0.15, 0.2) is 5.78 Å². The first-order valence-electron chi connectivity index (χ1n) is 6.59. The Hall–Kier alpha value is -1.93. The minimum Gasteiger partial charge on any atom is -0.330 e. The Morgan fingerprint density at radius 2 is 1.58 bits per heavy atom. The number of rotatable bonds is 5. The molecule has 98 valence electrons. The van der Waals surface area contributed by atoms with Crippen molar-refractivity contribution >= 4 is 5.78 Å². The Kier molecular flexibility index (Phi) is 4.48. The van der Waals surface area contributed by atoms with Crippen molar-refractivity contribution in [3.63, 3.8) is 0 Å². The molecule has 0 amide bonds. The standard InChI is InChI=1S/C17H19NO/c1-13(12-18)11-17(19)16-9-7-15(8-10-16)14-5-3-2-4-6-14/h2-10,13H,11-12,18H2,1H3. The Morgan fingerprint density at radius 3 is 2.16 bits per heavy atom. The Bertz CT molecular complexity index is 531. The second-order valence-corrected chi connectivity index (χ2v) is 4.91. The highest BCUT2D eigenvalue weighted by atomic mass is 16.1. The first kappa shape index (κ1) is 13.5. The summed E-state index contributed by atoms with van der Waals surface area (Å²) in [7, 11) is 0. The van der Waals surface area contributed by atoms with Gasteiger partial charge >= 0.3 is 0 Å². The number of hydrogen-bond acceptors (Lipinski definition) is 2. The molecule has 0 spiro atoms. The van der Waals surface area contributed by atoms with Crippen LogP contribution in [0.15, 0.2) is 54.6 Å². The van der Waals surface area contributed by atoms with Crippen LogP contribution in [0.1, 0.15) is 23.7 Å². The molecule has 0 saturated heterocycles. The highest BCUT2D eigenvalue weighted by Gasteiger charge is 2.10. The molecule has 1 atom stereocenters. The fraction of sp³-hybridized carbons (Fsp3) is 0.235. The van der Waals surface area contributed by atoms with Crippen molar-refractivity contribution in [1.82, 2.24) is 0 Å². The molecule has 2 N–H and O–H groups in total. The van der Waals surface area contributed by atoms with Gasteiger partial charge in [-0.2, -0.15) is 0 Å². The topological polar surface area (TPSA) is 43.1 Å². The average Bonchev–Trinajstić information content (AvgIpc) is 2.48. The molecule has 0 aliphatic heterocycles. The van der Waals surface area contributed by atoms with Crippen LogP contribution >= 0.6 is 0 Å². The smallest absolute Gasteiger partial charge is 0.163 e. The van der Waals surface area contributed by atoms with Crippen LogP contribution in [0.4, 0.5) is 0 Å². The lowest BCUT2D eigenvalue weighted by molar-refractivity contribution is 0.0966. The first-order valence-corrected chi connectivity index (χ1v) is 6.59. The number of nitrogens with two attached hydrogens (primary N) is 1. The molecule has 2 aromatic rings. The molecule has 2 rings (SSSR count). The molecule has 2 nitrogen and oxygen atoms in total. The van der Waals surface area contributed by atoms with E-state index in [0.29, 0.717) is 13.0 Å². The van der Waals surface area contributed by atoms with Gasteiger partial charge in [-0.05, 0) is 23.6 Å². The second kappa shape index (κ2) is 6.30. The maximum Gasteiger partial charge on any atom is 0.163 e. The first-order chi connectivity index (χ1) is 9.20. The van der Waals surface area contributed by atoms with E-state index in [4.69, 9.17) is 5.73 Å². The van der Waals surface area contributed by atoms with Gasteiger partial charge < -0.3 is 5.73 Å². The number of benzene rings is 2. The van der Waals surface area contributed by atoms with Crippen LogP contribution in [0.2, 0.25) is 0 Å². The van der Waals surface area contributed by atoms with E-state index in [9.17, 15) is 4.79 Å².